The van der Waals surface area contributed by atoms with Crippen molar-refractivity contribution in [3.63, 3.8) is 0 Å². The van der Waals surface area contributed by atoms with Gasteiger partial charge in [-0.2, -0.15) is 0 Å². The summed E-state index contributed by atoms with van der Waals surface area (Å²) in [5.74, 6) is 0. The van der Waals surface area contributed by atoms with Crippen molar-refractivity contribution in [2.75, 3.05) is 0 Å². The lowest BCUT2D eigenvalue weighted by molar-refractivity contribution is 0.439. The topological polar surface area (TPSA) is 72.2 Å². The molecule has 0 bridgehead atoms. The van der Waals surface area contributed by atoms with Crippen molar-refractivity contribution in [3.05, 3.63) is 28.8 Å². The number of hydrogen-bond acceptors (Lipinski definition) is 3. The van der Waals surface area contributed by atoms with Crippen LogP contribution in [0.25, 0.3) is 0 Å². The van der Waals surface area contributed by atoms with Crippen LogP contribution in [0.4, 0.5) is 0 Å². The minimum absolute atomic E-state index is 0.189. The zero-order valence-electron chi connectivity index (χ0n) is 10.8. The number of benzene rings is 1. The van der Waals surface area contributed by atoms with Crippen LogP contribution in [0, 0.1) is 0 Å². The lowest BCUT2D eigenvalue weighted by Crippen LogP contribution is -2.42. The maximum atomic E-state index is 12.2. The number of sulfonamides is 1. The Kier molecular flexibility index (Phi) is 4.78. The summed E-state index contributed by atoms with van der Waals surface area (Å²) in [4.78, 5) is 0.189. The molecule has 3 N–H and O–H groups in total. The molecule has 0 amide bonds. The Hall–Kier alpha value is -0.620. The third-order valence-corrected chi connectivity index (χ3v) is 4.91. The summed E-state index contributed by atoms with van der Waals surface area (Å²) >= 11 is 5.91. The van der Waals surface area contributed by atoms with Crippen LogP contribution in [-0.2, 0) is 16.6 Å². The summed E-state index contributed by atoms with van der Waals surface area (Å²) in [6, 6.07) is 4.54. The smallest absolute Gasteiger partial charge is 0.241 e. The van der Waals surface area contributed by atoms with Crippen molar-refractivity contribution < 1.29 is 8.42 Å². The average Bonchev–Trinajstić information content (AvgIpc) is 2.28. The van der Waals surface area contributed by atoms with Crippen LogP contribution >= 0.6 is 11.6 Å². The van der Waals surface area contributed by atoms with Crippen LogP contribution in [0.1, 0.15) is 32.8 Å². The van der Waals surface area contributed by atoms with Crippen LogP contribution < -0.4 is 10.5 Å². The summed E-state index contributed by atoms with van der Waals surface area (Å²) in [5.41, 5.74) is 5.65. The fraction of sp³-hybridized carbons (Fsp3) is 0.500. The predicted octanol–water partition coefficient (Wildman–Crippen LogP) is 2.27. The lowest BCUT2D eigenvalue weighted by Gasteiger charge is -2.24. The molecule has 0 unspecified atom stereocenters. The molecule has 0 saturated carbocycles. The molecule has 0 aromatic heterocycles. The van der Waals surface area contributed by atoms with Gasteiger partial charge in [0.15, 0.2) is 0 Å². The molecule has 1 rings (SSSR count). The van der Waals surface area contributed by atoms with Gasteiger partial charge in [0.25, 0.3) is 0 Å². The highest BCUT2D eigenvalue weighted by atomic mass is 35.5. The molecule has 0 fully saturated rings. The van der Waals surface area contributed by atoms with Crippen molar-refractivity contribution in [1.29, 1.82) is 0 Å². The maximum Gasteiger partial charge on any atom is 0.241 e. The number of halogens is 1. The summed E-state index contributed by atoms with van der Waals surface area (Å²) in [5, 5.41) is 0.478. The molecule has 102 valence electrons. The molecule has 1 aromatic rings. The van der Waals surface area contributed by atoms with E-state index in [9.17, 15) is 8.42 Å². The highest BCUT2D eigenvalue weighted by molar-refractivity contribution is 7.89. The van der Waals surface area contributed by atoms with Gasteiger partial charge in [-0.25, -0.2) is 13.1 Å². The number of hydrogen-bond donors (Lipinski definition) is 2. The zero-order valence-corrected chi connectivity index (χ0v) is 12.4. The van der Waals surface area contributed by atoms with Crippen LogP contribution in [0.2, 0.25) is 5.02 Å². The molecule has 0 aliphatic carbocycles. The zero-order chi connectivity index (χ0) is 14.0. The quantitative estimate of drug-likeness (QED) is 0.874. The molecule has 0 radical (unpaired) electrons. The molecule has 0 heterocycles. The molecule has 6 heteroatoms. The van der Waals surface area contributed by atoms with E-state index in [1.54, 1.807) is 6.07 Å². The Bertz CT molecular complexity index is 527. The van der Waals surface area contributed by atoms with E-state index >= 15 is 0 Å². The predicted molar refractivity (Wildman–Crippen MR) is 74.0 cm³/mol. The van der Waals surface area contributed by atoms with Gasteiger partial charge >= 0.3 is 0 Å². The molecule has 18 heavy (non-hydrogen) atoms. The van der Waals surface area contributed by atoms with Gasteiger partial charge in [0.05, 0.1) is 4.90 Å². The molecule has 0 atom stereocenters. The second-order valence-corrected chi connectivity index (χ2v) is 6.89. The number of nitrogens with two attached hydrogens (primary N) is 1. The SMILES string of the molecule is CCC(C)(C)NS(=O)(=O)c1ccc(Cl)c(CN)c1. The Labute approximate surface area is 114 Å². The molecule has 0 aliphatic rings. The van der Waals surface area contributed by atoms with E-state index in [2.05, 4.69) is 4.72 Å². The molecule has 0 saturated heterocycles. The van der Waals surface area contributed by atoms with E-state index in [1.165, 1.54) is 12.1 Å². The highest BCUT2D eigenvalue weighted by Crippen LogP contribution is 2.21. The highest BCUT2D eigenvalue weighted by Gasteiger charge is 2.24. The van der Waals surface area contributed by atoms with E-state index in [0.717, 1.165) is 0 Å². The van der Waals surface area contributed by atoms with Gasteiger partial charge in [0.2, 0.25) is 10.0 Å². The normalized spacial score (nSPS) is 12.7. The summed E-state index contributed by atoms with van der Waals surface area (Å²) in [7, 11) is -3.54. The van der Waals surface area contributed by atoms with E-state index in [-0.39, 0.29) is 11.4 Å². The van der Waals surface area contributed by atoms with E-state index in [1.807, 2.05) is 20.8 Å². The molecule has 4 nitrogen and oxygen atoms in total. The van der Waals surface area contributed by atoms with Gasteiger partial charge in [-0.05, 0) is 44.0 Å². The fourth-order valence-corrected chi connectivity index (χ4v) is 3.10. The lowest BCUT2D eigenvalue weighted by atomic mass is 10.0. The fourth-order valence-electron chi connectivity index (χ4n) is 1.37. The van der Waals surface area contributed by atoms with Gasteiger partial charge in [-0.3, -0.25) is 0 Å². The molecular weight excluding hydrogens is 272 g/mol. The van der Waals surface area contributed by atoms with Crippen LogP contribution in [-0.4, -0.2) is 14.0 Å². The Morgan fingerprint density at radius 2 is 2.00 bits per heavy atom. The largest absolute Gasteiger partial charge is 0.326 e. The third kappa shape index (κ3) is 3.68. The first-order valence-electron chi connectivity index (χ1n) is 5.74. The Balaban J connectivity index is 3.13. The van der Waals surface area contributed by atoms with Crippen molar-refractivity contribution in [1.82, 2.24) is 4.72 Å². The Morgan fingerprint density at radius 3 is 2.50 bits per heavy atom. The number of nitrogens with one attached hydrogen (secondary N) is 1. The van der Waals surface area contributed by atoms with E-state index < -0.39 is 15.6 Å². The standard InChI is InChI=1S/C12H19ClN2O2S/c1-4-12(2,3)15-18(16,17)10-5-6-11(13)9(7-10)8-14/h5-7,15H,4,8,14H2,1-3H3. The molecular formula is C12H19ClN2O2S. The van der Waals surface area contributed by atoms with Crippen LogP contribution in [0.3, 0.4) is 0 Å². The van der Waals surface area contributed by atoms with Crippen molar-refractivity contribution in [2.24, 2.45) is 5.73 Å². The van der Waals surface area contributed by atoms with Gasteiger partial charge in [-0.15, -0.1) is 0 Å². The van der Waals surface area contributed by atoms with Gasteiger partial charge in [-0.1, -0.05) is 18.5 Å². The third-order valence-electron chi connectivity index (χ3n) is 2.84. The molecule has 0 aliphatic heterocycles. The van der Waals surface area contributed by atoms with E-state index in [0.29, 0.717) is 17.0 Å². The van der Waals surface area contributed by atoms with Crippen molar-refractivity contribution >= 4 is 21.6 Å². The Morgan fingerprint density at radius 1 is 1.39 bits per heavy atom. The maximum absolute atomic E-state index is 12.2. The van der Waals surface area contributed by atoms with Crippen molar-refractivity contribution in [2.45, 2.75) is 44.2 Å². The second kappa shape index (κ2) is 5.57. The monoisotopic (exact) mass is 290 g/mol. The summed E-state index contributed by atoms with van der Waals surface area (Å²) in [6.45, 7) is 5.81. The summed E-state index contributed by atoms with van der Waals surface area (Å²) in [6.07, 6.45) is 0.698. The van der Waals surface area contributed by atoms with Crippen molar-refractivity contribution in [3.8, 4) is 0 Å². The molecule has 0 spiro atoms. The minimum atomic E-state index is -3.54. The molecule has 1 aromatic carbocycles. The first-order chi connectivity index (χ1) is 8.22. The van der Waals surface area contributed by atoms with Crippen LogP contribution in [0.5, 0.6) is 0 Å². The van der Waals surface area contributed by atoms with Gasteiger partial charge in [0.1, 0.15) is 0 Å². The minimum Gasteiger partial charge on any atom is -0.326 e. The first-order valence-corrected chi connectivity index (χ1v) is 7.60. The van der Waals surface area contributed by atoms with Gasteiger partial charge < -0.3 is 5.73 Å². The van der Waals surface area contributed by atoms with E-state index in [4.69, 9.17) is 17.3 Å². The number of rotatable bonds is 5. The average molecular weight is 291 g/mol. The first kappa shape index (κ1) is 15.4. The van der Waals surface area contributed by atoms with Crippen LogP contribution in [0.15, 0.2) is 23.1 Å². The van der Waals surface area contributed by atoms with Gasteiger partial charge in [0, 0.05) is 17.1 Å². The summed E-state index contributed by atoms with van der Waals surface area (Å²) < 4.78 is 27.0. The second-order valence-electron chi connectivity index (χ2n) is 4.80.